The predicted molar refractivity (Wildman–Crippen MR) is 65.5 cm³/mol. The van der Waals surface area contributed by atoms with E-state index in [0.717, 1.165) is 36.0 Å². The number of hydrogen-bond donors (Lipinski definition) is 1. The van der Waals surface area contributed by atoms with Gasteiger partial charge in [0.25, 0.3) is 0 Å². The minimum atomic E-state index is -0.160. The first kappa shape index (κ1) is 11.9. The van der Waals surface area contributed by atoms with Crippen LogP contribution in [0.5, 0.6) is 5.75 Å². The molecule has 0 amide bonds. The van der Waals surface area contributed by atoms with E-state index in [1.54, 1.807) is 13.2 Å². The summed E-state index contributed by atoms with van der Waals surface area (Å²) >= 11 is 3.40. The lowest BCUT2D eigenvalue weighted by Gasteiger charge is -2.25. The predicted octanol–water partition coefficient (Wildman–Crippen LogP) is 3.06. The number of benzene rings is 1. The molecule has 1 aromatic rings. The van der Waals surface area contributed by atoms with Gasteiger partial charge >= 0.3 is 0 Å². The van der Waals surface area contributed by atoms with E-state index in [-0.39, 0.29) is 11.7 Å². The van der Waals surface area contributed by atoms with Crippen LogP contribution in [0.25, 0.3) is 0 Å². The Morgan fingerprint density at radius 1 is 1.38 bits per heavy atom. The lowest BCUT2D eigenvalue weighted by molar-refractivity contribution is 0.379. The molecule has 0 bridgehead atoms. The van der Waals surface area contributed by atoms with E-state index in [1.807, 2.05) is 0 Å². The van der Waals surface area contributed by atoms with E-state index < -0.39 is 0 Å². The van der Waals surface area contributed by atoms with Gasteiger partial charge in [0.1, 0.15) is 11.6 Å². The summed E-state index contributed by atoms with van der Waals surface area (Å²) in [6, 6.07) is 3.20. The second kappa shape index (κ2) is 5.15. The minimum Gasteiger partial charge on any atom is -0.495 e. The number of nitrogens with one attached hydrogen (secondary N) is 1. The highest BCUT2D eigenvalue weighted by molar-refractivity contribution is 9.10. The fourth-order valence-electron chi connectivity index (χ4n) is 2.25. The van der Waals surface area contributed by atoms with Gasteiger partial charge in [-0.2, -0.15) is 0 Å². The third-order valence-electron chi connectivity index (χ3n) is 3.05. The highest BCUT2D eigenvalue weighted by atomic mass is 79.9. The van der Waals surface area contributed by atoms with Crippen molar-refractivity contribution >= 4 is 15.9 Å². The average Bonchev–Trinajstić information content (AvgIpc) is 2.33. The van der Waals surface area contributed by atoms with Crippen molar-refractivity contribution in [2.24, 2.45) is 0 Å². The van der Waals surface area contributed by atoms with Crippen molar-refractivity contribution in [1.29, 1.82) is 0 Å². The Labute approximate surface area is 103 Å². The van der Waals surface area contributed by atoms with E-state index in [1.165, 1.54) is 6.07 Å². The summed E-state index contributed by atoms with van der Waals surface area (Å²) in [5.41, 5.74) is 0.721. The smallest absolute Gasteiger partial charge is 0.139 e. The molecule has 0 aromatic heterocycles. The molecular weight excluding hydrogens is 273 g/mol. The Balaban J connectivity index is 2.40. The van der Waals surface area contributed by atoms with Crippen molar-refractivity contribution in [1.82, 2.24) is 5.32 Å². The largest absolute Gasteiger partial charge is 0.495 e. The molecule has 1 fully saturated rings. The number of rotatable bonds is 2. The molecule has 88 valence electrons. The standard InChI is InChI=1S/C12H15BrFNO/c1-16-12-9(13)2-3-10(14)11(12)8-4-6-15-7-5-8/h2-3,8,15H,4-7H2,1H3. The molecule has 1 aromatic carbocycles. The molecule has 1 aliphatic heterocycles. The highest BCUT2D eigenvalue weighted by Crippen LogP contribution is 2.39. The zero-order valence-corrected chi connectivity index (χ0v) is 10.8. The van der Waals surface area contributed by atoms with Gasteiger partial charge in [-0.15, -0.1) is 0 Å². The summed E-state index contributed by atoms with van der Waals surface area (Å²) in [6.45, 7) is 1.89. The zero-order chi connectivity index (χ0) is 11.5. The van der Waals surface area contributed by atoms with Gasteiger partial charge in [-0.3, -0.25) is 0 Å². The Hall–Kier alpha value is -0.610. The molecule has 0 spiro atoms. The molecule has 1 aliphatic rings. The molecule has 0 saturated carbocycles. The Morgan fingerprint density at radius 3 is 2.69 bits per heavy atom. The van der Waals surface area contributed by atoms with Crippen LogP contribution in [0, 0.1) is 5.82 Å². The number of methoxy groups -OCH3 is 1. The second-order valence-electron chi connectivity index (χ2n) is 4.00. The first-order valence-electron chi connectivity index (χ1n) is 5.46. The van der Waals surface area contributed by atoms with Crippen LogP contribution in [0.15, 0.2) is 16.6 Å². The Kier molecular flexibility index (Phi) is 3.82. The van der Waals surface area contributed by atoms with Crippen molar-refractivity contribution in [2.45, 2.75) is 18.8 Å². The van der Waals surface area contributed by atoms with Crippen LogP contribution < -0.4 is 10.1 Å². The van der Waals surface area contributed by atoms with Crippen molar-refractivity contribution in [3.8, 4) is 5.75 Å². The molecule has 1 N–H and O–H groups in total. The van der Waals surface area contributed by atoms with Crippen molar-refractivity contribution < 1.29 is 9.13 Å². The Bertz CT molecular complexity index is 378. The van der Waals surface area contributed by atoms with Gasteiger partial charge in [-0.25, -0.2) is 4.39 Å². The molecule has 4 heteroatoms. The number of halogens is 2. The lowest BCUT2D eigenvalue weighted by Crippen LogP contribution is -2.27. The molecule has 16 heavy (non-hydrogen) atoms. The van der Waals surface area contributed by atoms with Gasteiger partial charge in [0.05, 0.1) is 11.6 Å². The maximum Gasteiger partial charge on any atom is 0.139 e. The number of hydrogen-bond acceptors (Lipinski definition) is 2. The van der Waals surface area contributed by atoms with Gasteiger partial charge in [-0.1, -0.05) is 0 Å². The van der Waals surface area contributed by atoms with Crippen LogP contribution in [0.1, 0.15) is 24.3 Å². The van der Waals surface area contributed by atoms with Gasteiger partial charge in [-0.05, 0) is 59.9 Å². The maximum atomic E-state index is 13.9. The molecule has 2 nitrogen and oxygen atoms in total. The van der Waals surface area contributed by atoms with Gasteiger partial charge in [0, 0.05) is 5.56 Å². The maximum absolute atomic E-state index is 13.9. The van der Waals surface area contributed by atoms with Crippen LogP contribution in [-0.2, 0) is 0 Å². The molecule has 0 radical (unpaired) electrons. The van der Waals surface area contributed by atoms with Gasteiger partial charge in [0.2, 0.25) is 0 Å². The third kappa shape index (κ3) is 2.23. The normalized spacial score (nSPS) is 17.4. The van der Waals surface area contributed by atoms with Crippen LogP contribution in [-0.4, -0.2) is 20.2 Å². The average molecular weight is 288 g/mol. The summed E-state index contributed by atoms with van der Waals surface area (Å²) in [5.74, 6) is 0.743. The van der Waals surface area contributed by atoms with Crippen LogP contribution in [0.4, 0.5) is 4.39 Å². The molecule has 0 aliphatic carbocycles. The third-order valence-corrected chi connectivity index (χ3v) is 3.67. The quantitative estimate of drug-likeness (QED) is 0.903. The minimum absolute atomic E-state index is 0.160. The summed E-state index contributed by atoms with van der Waals surface area (Å²) < 4.78 is 20.0. The SMILES string of the molecule is COc1c(Br)ccc(F)c1C1CCNCC1. The summed E-state index contributed by atoms with van der Waals surface area (Å²) in [7, 11) is 1.59. The Morgan fingerprint density at radius 2 is 2.06 bits per heavy atom. The van der Waals surface area contributed by atoms with Crippen molar-refractivity contribution in [3.63, 3.8) is 0 Å². The lowest BCUT2D eigenvalue weighted by atomic mass is 9.89. The summed E-state index contributed by atoms with van der Waals surface area (Å²) in [6.07, 6.45) is 1.92. The highest BCUT2D eigenvalue weighted by Gasteiger charge is 2.23. The summed E-state index contributed by atoms with van der Waals surface area (Å²) in [5, 5.41) is 3.28. The molecule has 0 atom stereocenters. The first-order valence-corrected chi connectivity index (χ1v) is 6.26. The summed E-state index contributed by atoms with van der Waals surface area (Å²) in [4.78, 5) is 0. The van der Waals surface area contributed by atoms with E-state index in [0.29, 0.717) is 5.75 Å². The first-order chi connectivity index (χ1) is 7.74. The second-order valence-corrected chi connectivity index (χ2v) is 4.85. The molecule has 1 saturated heterocycles. The van der Waals surface area contributed by atoms with Crippen molar-refractivity contribution in [2.75, 3.05) is 20.2 Å². The molecule has 2 rings (SSSR count). The van der Waals surface area contributed by atoms with Gasteiger partial charge < -0.3 is 10.1 Å². The monoisotopic (exact) mass is 287 g/mol. The van der Waals surface area contributed by atoms with Gasteiger partial charge in [0.15, 0.2) is 0 Å². The number of ether oxygens (including phenoxy) is 1. The van der Waals surface area contributed by atoms with E-state index in [9.17, 15) is 4.39 Å². The van der Waals surface area contributed by atoms with E-state index in [4.69, 9.17) is 4.74 Å². The van der Waals surface area contributed by atoms with Crippen molar-refractivity contribution in [3.05, 3.63) is 28.0 Å². The van der Waals surface area contributed by atoms with Crippen LogP contribution >= 0.6 is 15.9 Å². The fourth-order valence-corrected chi connectivity index (χ4v) is 2.75. The van der Waals surface area contributed by atoms with E-state index in [2.05, 4.69) is 21.2 Å². The van der Waals surface area contributed by atoms with Crippen LogP contribution in [0.3, 0.4) is 0 Å². The molecule has 1 heterocycles. The number of piperidine rings is 1. The molecule has 0 unspecified atom stereocenters. The van der Waals surface area contributed by atoms with E-state index >= 15 is 0 Å². The topological polar surface area (TPSA) is 21.3 Å². The fraction of sp³-hybridized carbons (Fsp3) is 0.500. The molecular formula is C12H15BrFNO. The van der Waals surface area contributed by atoms with Crippen LogP contribution in [0.2, 0.25) is 0 Å². The zero-order valence-electron chi connectivity index (χ0n) is 9.22.